The fraction of sp³-hybridized carbons (Fsp3) is 0.684. The predicted molar refractivity (Wildman–Crippen MR) is 86.8 cm³/mol. The van der Waals surface area contributed by atoms with Gasteiger partial charge in [-0.3, -0.25) is 0 Å². The van der Waals surface area contributed by atoms with Gasteiger partial charge >= 0.3 is 0 Å². The highest BCUT2D eigenvalue weighted by Gasteiger charge is 2.56. The van der Waals surface area contributed by atoms with Crippen molar-refractivity contribution in [3.8, 4) is 0 Å². The van der Waals surface area contributed by atoms with E-state index in [9.17, 15) is 0 Å². The first-order valence-corrected chi connectivity index (χ1v) is 8.74. The lowest BCUT2D eigenvalue weighted by molar-refractivity contribution is -0.0734. The molecule has 5 rings (SSSR count). The van der Waals surface area contributed by atoms with Crippen LogP contribution < -0.4 is 11.1 Å². The average molecular weight is 284 g/mol. The first kappa shape index (κ1) is 13.8. The van der Waals surface area contributed by atoms with E-state index < -0.39 is 0 Å². The Hall–Kier alpha value is -0.860. The van der Waals surface area contributed by atoms with Crippen molar-refractivity contribution in [2.45, 2.75) is 50.6 Å². The molecule has 2 heteroatoms. The summed E-state index contributed by atoms with van der Waals surface area (Å²) in [6.07, 6.45) is 7.16. The maximum atomic E-state index is 6.35. The summed E-state index contributed by atoms with van der Waals surface area (Å²) in [5.74, 6) is 3.62. The van der Waals surface area contributed by atoms with Gasteiger partial charge in [-0.05, 0) is 68.3 Å². The number of nitrogens with one attached hydrogen (secondary N) is 1. The maximum Gasteiger partial charge on any atom is 0.0366 e. The van der Waals surface area contributed by atoms with E-state index in [-0.39, 0.29) is 5.54 Å². The summed E-state index contributed by atoms with van der Waals surface area (Å²) in [6.45, 7) is 3.11. The summed E-state index contributed by atoms with van der Waals surface area (Å²) in [6, 6.07) is 11.2. The van der Waals surface area contributed by atoms with Crippen molar-refractivity contribution in [2.75, 3.05) is 6.54 Å². The van der Waals surface area contributed by atoms with E-state index in [4.69, 9.17) is 5.73 Å². The smallest absolute Gasteiger partial charge is 0.0366 e. The lowest BCUT2D eigenvalue weighted by atomic mass is 9.48. The van der Waals surface area contributed by atoms with Gasteiger partial charge in [0.2, 0.25) is 0 Å². The molecule has 0 aliphatic heterocycles. The van der Waals surface area contributed by atoms with Crippen LogP contribution in [0.2, 0.25) is 0 Å². The molecule has 1 aromatic carbocycles. The molecule has 114 valence electrons. The monoisotopic (exact) mass is 284 g/mol. The van der Waals surface area contributed by atoms with E-state index in [1.54, 1.807) is 0 Å². The summed E-state index contributed by atoms with van der Waals surface area (Å²) < 4.78 is 0. The van der Waals surface area contributed by atoms with Gasteiger partial charge in [0.25, 0.3) is 0 Å². The van der Waals surface area contributed by atoms with E-state index in [0.29, 0.717) is 6.04 Å². The Morgan fingerprint density at radius 1 is 1.05 bits per heavy atom. The zero-order chi connectivity index (χ0) is 14.4. The Morgan fingerprint density at radius 2 is 1.62 bits per heavy atom. The number of hydrogen-bond donors (Lipinski definition) is 2. The van der Waals surface area contributed by atoms with E-state index in [0.717, 1.165) is 30.2 Å². The molecule has 4 saturated carbocycles. The van der Waals surface area contributed by atoms with Gasteiger partial charge in [0, 0.05) is 18.1 Å². The molecule has 21 heavy (non-hydrogen) atoms. The van der Waals surface area contributed by atoms with Crippen LogP contribution in [0.5, 0.6) is 0 Å². The van der Waals surface area contributed by atoms with E-state index in [1.165, 1.54) is 37.7 Å². The van der Waals surface area contributed by atoms with Crippen LogP contribution >= 0.6 is 0 Å². The van der Waals surface area contributed by atoms with Crippen LogP contribution in [0.15, 0.2) is 30.3 Å². The van der Waals surface area contributed by atoms with Gasteiger partial charge < -0.3 is 11.1 Å². The van der Waals surface area contributed by atoms with Gasteiger partial charge in [-0.2, -0.15) is 0 Å². The number of rotatable bonds is 4. The fourth-order valence-corrected chi connectivity index (χ4v) is 5.88. The number of benzene rings is 1. The summed E-state index contributed by atoms with van der Waals surface area (Å²) in [5, 5.41) is 4.02. The first-order chi connectivity index (χ1) is 10.2. The summed E-state index contributed by atoms with van der Waals surface area (Å²) in [5.41, 5.74) is 7.94. The zero-order valence-electron chi connectivity index (χ0n) is 13.1. The van der Waals surface area contributed by atoms with Crippen LogP contribution in [-0.2, 0) is 0 Å². The second-order valence-electron chi connectivity index (χ2n) is 7.83. The molecule has 0 amide bonds. The normalized spacial score (nSPS) is 42.2. The van der Waals surface area contributed by atoms with Crippen molar-refractivity contribution in [1.29, 1.82) is 0 Å². The number of nitrogens with two attached hydrogens (primary N) is 1. The van der Waals surface area contributed by atoms with Crippen LogP contribution in [0.3, 0.4) is 0 Å². The van der Waals surface area contributed by atoms with Gasteiger partial charge in [0.15, 0.2) is 0 Å². The summed E-state index contributed by atoms with van der Waals surface area (Å²) in [4.78, 5) is 0. The van der Waals surface area contributed by atoms with Crippen molar-refractivity contribution >= 4 is 0 Å². The standard InChI is InChI=1S/C19H28N2/c1-13(16-5-3-2-4-6-16)21-19(12-20)17-8-14-7-15(10-17)11-18(19)9-14/h2-6,13-15,17-18,21H,7-12,20H2,1H3. The second kappa shape index (κ2) is 5.10. The van der Waals surface area contributed by atoms with Crippen LogP contribution in [0.4, 0.5) is 0 Å². The van der Waals surface area contributed by atoms with Crippen LogP contribution in [0.1, 0.15) is 50.6 Å². The Balaban J connectivity index is 1.59. The molecular formula is C19H28N2. The maximum absolute atomic E-state index is 6.35. The minimum atomic E-state index is 0.197. The molecule has 0 spiro atoms. The van der Waals surface area contributed by atoms with E-state index in [2.05, 4.69) is 42.6 Å². The third-order valence-electron chi connectivity index (χ3n) is 6.72. The third-order valence-corrected chi connectivity index (χ3v) is 6.72. The SMILES string of the molecule is CC(NC1(CN)C2CC3CC(C2)CC1C3)c1ccccc1. The quantitative estimate of drug-likeness (QED) is 0.888. The van der Waals surface area contributed by atoms with Crippen LogP contribution in [0, 0.1) is 23.7 Å². The molecule has 3 N–H and O–H groups in total. The predicted octanol–water partition coefficient (Wildman–Crippen LogP) is 3.49. The van der Waals surface area contributed by atoms with E-state index in [1.807, 2.05) is 0 Å². The van der Waals surface area contributed by atoms with Crippen LogP contribution in [-0.4, -0.2) is 12.1 Å². The Kier molecular flexibility index (Phi) is 3.35. The molecule has 1 aromatic rings. The molecule has 1 unspecified atom stereocenters. The molecule has 4 fully saturated rings. The lowest BCUT2D eigenvalue weighted by Gasteiger charge is -2.62. The molecule has 4 aliphatic rings. The van der Waals surface area contributed by atoms with Gasteiger partial charge in [-0.25, -0.2) is 0 Å². The van der Waals surface area contributed by atoms with Crippen molar-refractivity contribution in [2.24, 2.45) is 29.4 Å². The minimum absolute atomic E-state index is 0.197. The Bertz CT molecular complexity index is 468. The van der Waals surface area contributed by atoms with Gasteiger partial charge in [0.1, 0.15) is 0 Å². The van der Waals surface area contributed by atoms with Gasteiger partial charge in [0.05, 0.1) is 0 Å². The Morgan fingerprint density at radius 3 is 2.14 bits per heavy atom. The zero-order valence-corrected chi connectivity index (χ0v) is 13.1. The van der Waals surface area contributed by atoms with Crippen molar-refractivity contribution < 1.29 is 0 Å². The average Bonchev–Trinajstić information content (AvgIpc) is 2.51. The molecule has 2 nitrogen and oxygen atoms in total. The molecule has 0 heterocycles. The highest BCUT2D eigenvalue weighted by atomic mass is 15.1. The minimum Gasteiger partial charge on any atom is -0.329 e. The number of hydrogen-bond acceptors (Lipinski definition) is 2. The molecule has 4 aliphatic carbocycles. The highest BCUT2D eigenvalue weighted by Crippen LogP contribution is 2.58. The summed E-state index contributed by atoms with van der Waals surface area (Å²) in [7, 11) is 0. The largest absolute Gasteiger partial charge is 0.329 e. The molecule has 0 radical (unpaired) electrons. The van der Waals surface area contributed by atoms with Crippen LogP contribution in [0.25, 0.3) is 0 Å². The molecule has 1 atom stereocenters. The topological polar surface area (TPSA) is 38.0 Å². The first-order valence-electron chi connectivity index (χ1n) is 8.74. The van der Waals surface area contributed by atoms with E-state index >= 15 is 0 Å². The van der Waals surface area contributed by atoms with Crippen molar-refractivity contribution in [3.05, 3.63) is 35.9 Å². The Labute approximate surface area is 128 Å². The lowest BCUT2D eigenvalue weighted by Crippen LogP contribution is -2.68. The van der Waals surface area contributed by atoms with Crippen molar-refractivity contribution in [1.82, 2.24) is 5.32 Å². The highest BCUT2D eigenvalue weighted by molar-refractivity contribution is 5.21. The molecule has 4 bridgehead atoms. The van der Waals surface area contributed by atoms with Gasteiger partial charge in [-0.15, -0.1) is 0 Å². The second-order valence-corrected chi connectivity index (χ2v) is 7.83. The molecule has 0 saturated heterocycles. The third kappa shape index (κ3) is 2.15. The fourth-order valence-electron chi connectivity index (χ4n) is 5.88. The van der Waals surface area contributed by atoms with Crippen molar-refractivity contribution in [3.63, 3.8) is 0 Å². The summed E-state index contributed by atoms with van der Waals surface area (Å²) >= 11 is 0. The van der Waals surface area contributed by atoms with Gasteiger partial charge in [-0.1, -0.05) is 30.3 Å². The molecular weight excluding hydrogens is 256 g/mol. The molecule has 0 aromatic heterocycles.